The number of nitrogens with one attached hydrogen (secondary N) is 1. The Balaban J connectivity index is 1.90. The van der Waals surface area contributed by atoms with Crippen LogP contribution in [0.5, 0.6) is 0 Å². The maximum Gasteiger partial charge on any atom is 0.240 e. The third-order valence-electron chi connectivity index (χ3n) is 3.91. The molecule has 0 amide bonds. The molecule has 0 saturated heterocycles. The molecule has 3 aromatic rings. The highest BCUT2D eigenvalue weighted by molar-refractivity contribution is 7.93. The first-order valence-electron chi connectivity index (χ1n) is 7.78. The number of hydrogen-bond acceptors (Lipinski definition) is 6. The molecule has 0 fully saturated rings. The van der Waals surface area contributed by atoms with Gasteiger partial charge >= 0.3 is 0 Å². The maximum absolute atomic E-state index is 13.4. The lowest BCUT2D eigenvalue weighted by atomic mass is 10.2. The van der Waals surface area contributed by atoms with Crippen molar-refractivity contribution < 1.29 is 25.6 Å². The van der Waals surface area contributed by atoms with E-state index in [1.165, 1.54) is 37.5 Å². The van der Waals surface area contributed by atoms with Crippen LogP contribution in [0.3, 0.4) is 0 Å². The Bertz CT molecular complexity index is 1120. The Morgan fingerprint density at radius 1 is 1.15 bits per heavy atom. The zero-order chi connectivity index (χ0) is 19.7. The molecule has 2 aromatic heterocycles. The van der Waals surface area contributed by atoms with E-state index in [4.69, 9.17) is 4.42 Å². The van der Waals surface area contributed by atoms with E-state index in [2.05, 4.69) is 4.72 Å². The summed E-state index contributed by atoms with van der Waals surface area (Å²) in [6.07, 6.45) is 1.32. The zero-order valence-corrected chi connectivity index (χ0v) is 16.6. The van der Waals surface area contributed by atoms with Crippen molar-refractivity contribution in [3.63, 3.8) is 0 Å². The molecule has 10 heteroatoms. The average Bonchev–Trinajstić information content (AvgIpc) is 3.30. The van der Waals surface area contributed by atoms with Gasteiger partial charge in [0.2, 0.25) is 10.0 Å². The predicted molar refractivity (Wildman–Crippen MR) is 99.3 cm³/mol. The Morgan fingerprint density at radius 3 is 2.52 bits per heavy atom. The van der Waals surface area contributed by atoms with Crippen LogP contribution in [0.1, 0.15) is 16.6 Å². The summed E-state index contributed by atoms with van der Waals surface area (Å²) in [4.78, 5) is -0.145. The number of hydrogen-bond donors (Lipinski definition) is 1. The number of thiophene rings is 1. The van der Waals surface area contributed by atoms with Crippen molar-refractivity contribution in [1.82, 2.24) is 4.72 Å². The van der Waals surface area contributed by atoms with Crippen LogP contribution in [0.25, 0.3) is 0 Å². The van der Waals surface area contributed by atoms with Crippen molar-refractivity contribution in [1.29, 1.82) is 0 Å². The second kappa shape index (κ2) is 7.55. The molecular weight excluding hydrogens is 413 g/mol. The van der Waals surface area contributed by atoms with Crippen LogP contribution in [0, 0.1) is 12.7 Å². The summed E-state index contributed by atoms with van der Waals surface area (Å²) in [6, 6.07) is 9.43. The minimum Gasteiger partial charge on any atom is -0.468 e. The van der Waals surface area contributed by atoms with Gasteiger partial charge in [-0.25, -0.2) is 25.9 Å². The van der Waals surface area contributed by atoms with Gasteiger partial charge in [-0.2, -0.15) is 0 Å². The Kier molecular flexibility index (Phi) is 5.52. The van der Waals surface area contributed by atoms with E-state index in [0.717, 1.165) is 23.5 Å². The third-order valence-corrected chi connectivity index (χ3v) is 8.82. The fourth-order valence-electron chi connectivity index (χ4n) is 2.46. The summed E-state index contributed by atoms with van der Waals surface area (Å²) in [5.41, 5.74) is 0.173. The van der Waals surface area contributed by atoms with Crippen LogP contribution in [-0.2, 0) is 19.9 Å². The number of benzene rings is 1. The molecule has 0 bridgehead atoms. The lowest BCUT2D eigenvalue weighted by Gasteiger charge is -2.16. The normalized spacial score (nSPS) is 13.6. The van der Waals surface area contributed by atoms with Crippen LogP contribution in [-0.4, -0.2) is 23.4 Å². The summed E-state index contributed by atoms with van der Waals surface area (Å²) in [5.74, 6) is -0.399. The zero-order valence-electron chi connectivity index (χ0n) is 14.1. The highest BCUT2D eigenvalue weighted by atomic mass is 32.2. The molecule has 0 radical (unpaired) electrons. The predicted octanol–water partition coefficient (Wildman–Crippen LogP) is 3.28. The van der Waals surface area contributed by atoms with Crippen LogP contribution >= 0.6 is 11.3 Å². The van der Waals surface area contributed by atoms with E-state index < -0.39 is 37.5 Å². The van der Waals surface area contributed by atoms with E-state index in [1.54, 1.807) is 11.4 Å². The Hall–Kier alpha value is -2.01. The van der Waals surface area contributed by atoms with Gasteiger partial charge in [0.05, 0.1) is 11.2 Å². The summed E-state index contributed by atoms with van der Waals surface area (Å²) in [5, 5.41) is 0.389. The van der Waals surface area contributed by atoms with E-state index in [-0.39, 0.29) is 20.4 Å². The Labute approximate surface area is 160 Å². The molecule has 27 heavy (non-hydrogen) atoms. The number of rotatable bonds is 7. The van der Waals surface area contributed by atoms with Crippen molar-refractivity contribution in [2.75, 3.05) is 6.54 Å². The first kappa shape index (κ1) is 19.7. The molecule has 1 atom stereocenters. The number of sulfonamides is 1. The van der Waals surface area contributed by atoms with Crippen LogP contribution < -0.4 is 4.72 Å². The van der Waals surface area contributed by atoms with Crippen molar-refractivity contribution in [2.45, 2.75) is 21.3 Å². The highest BCUT2D eigenvalue weighted by Gasteiger charge is 2.33. The molecular formula is C17H16FNO5S3. The van der Waals surface area contributed by atoms with E-state index in [0.29, 0.717) is 0 Å². The monoisotopic (exact) mass is 429 g/mol. The molecule has 0 aliphatic heterocycles. The van der Waals surface area contributed by atoms with Crippen molar-refractivity contribution in [3.05, 3.63) is 71.2 Å². The lowest BCUT2D eigenvalue weighted by Crippen LogP contribution is -2.31. The molecule has 0 spiro atoms. The summed E-state index contributed by atoms with van der Waals surface area (Å²) in [6.45, 7) is 1.02. The second-order valence-electron chi connectivity index (χ2n) is 5.74. The number of halogens is 1. The maximum atomic E-state index is 13.4. The third kappa shape index (κ3) is 4.13. The molecule has 0 aliphatic carbocycles. The molecule has 6 nitrogen and oxygen atoms in total. The topological polar surface area (TPSA) is 93.4 Å². The van der Waals surface area contributed by atoms with Gasteiger partial charge in [0.15, 0.2) is 9.84 Å². The SMILES string of the molecule is Cc1cc(S(=O)(=O)NC[C@H](c2ccco2)S(=O)(=O)c2cccs2)ccc1F. The fourth-order valence-corrected chi connectivity index (χ4v) is 6.49. The smallest absolute Gasteiger partial charge is 0.240 e. The van der Waals surface area contributed by atoms with E-state index >= 15 is 0 Å². The van der Waals surface area contributed by atoms with E-state index in [9.17, 15) is 21.2 Å². The van der Waals surface area contributed by atoms with Gasteiger partial charge in [0.25, 0.3) is 0 Å². The molecule has 2 heterocycles. The number of aryl methyl sites for hydroxylation is 1. The van der Waals surface area contributed by atoms with Gasteiger partial charge in [0.1, 0.15) is 21.0 Å². The van der Waals surface area contributed by atoms with Gasteiger partial charge < -0.3 is 4.42 Å². The lowest BCUT2D eigenvalue weighted by molar-refractivity contribution is 0.487. The van der Waals surface area contributed by atoms with Crippen molar-refractivity contribution in [3.8, 4) is 0 Å². The van der Waals surface area contributed by atoms with Crippen LogP contribution in [0.4, 0.5) is 4.39 Å². The molecule has 3 rings (SSSR count). The standard InChI is InChI=1S/C17H16FNO5S3/c1-12-10-13(6-7-14(12)18)27(22,23)19-11-16(15-4-2-8-24-15)26(20,21)17-5-3-9-25-17/h2-10,16,19H,11H2,1H3/t16-/m1/s1. The number of sulfone groups is 1. The average molecular weight is 430 g/mol. The largest absolute Gasteiger partial charge is 0.468 e. The van der Waals surface area contributed by atoms with Crippen molar-refractivity contribution >= 4 is 31.2 Å². The van der Waals surface area contributed by atoms with Gasteiger partial charge in [-0.1, -0.05) is 6.07 Å². The van der Waals surface area contributed by atoms with Gasteiger partial charge in [0, 0.05) is 6.54 Å². The fraction of sp³-hybridized carbons (Fsp3) is 0.176. The molecule has 0 unspecified atom stereocenters. The number of furan rings is 1. The molecule has 1 N–H and O–H groups in total. The highest BCUT2D eigenvalue weighted by Crippen LogP contribution is 2.31. The van der Waals surface area contributed by atoms with Gasteiger partial charge in [-0.3, -0.25) is 0 Å². The van der Waals surface area contributed by atoms with Crippen molar-refractivity contribution in [2.24, 2.45) is 0 Å². The molecule has 1 aromatic carbocycles. The molecule has 0 aliphatic rings. The minimum atomic E-state index is -4.03. The minimum absolute atomic E-state index is 0.112. The molecule has 0 saturated carbocycles. The first-order valence-corrected chi connectivity index (χ1v) is 11.7. The summed E-state index contributed by atoms with van der Waals surface area (Å²) in [7, 11) is -7.90. The van der Waals surface area contributed by atoms with Crippen LogP contribution in [0.15, 0.2) is 67.6 Å². The second-order valence-corrected chi connectivity index (χ2v) is 10.8. The Morgan fingerprint density at radius 2 is 1.93 bits per heavy atom. The van der Waals surface area contributed by atoms with Crippen LogP contribution in [0.2, 0.25) is 0 Å². The molecule has 144 valence electrons. The van der Waals surface area contributed by atoms with Gasteiger partial charge in [-0.15, -0.1) is 11.3 Å². The van der Waals surface area contributed by atoms with E-state index in [1.807, 2.05) is 0 Å². The first-order chi connectivity index (χ1) is 12.7. The summed E-state index contributed by atoms with van der Waals surface area (Å²) < 4.78 is 71.9. The quantitative estimate of drug-likeness (QED) is 0.622. The summed E-state index contributed by atoms with van der Waals surface area (Å²) >= 11 is 1.04. The van der Waals surface area contributed by atoms with Gasteiger partial charge in [-0.05, 0) is 54.3 Å².